The molecule has 9 heterocycles. The van der Waals surface area contributed by atoms with E-state index in [1.807, 2.05) is 0 Å². The molecule has 7 aromatic carbocycles. The lowest BCUT2D eigenvalue weighted by Gasteiger charge is -2.45. The average Bonchev–Trinajstić information content (AvgIpc) is 0.754. The minimum Gasteiger partial charge on any atom is -0.508 e. The first-order chi connectivity index (χ1) is 60.5. The molecule has 11 bridgehead atoms. The van der Waals surface area contributed by atoms with E-state index in [4.69, 9.17) is 81.0 Å². The number of carboxylic acid groups (broad SMARTS) is 1. The SMILES string of the molecule is CO[C@H]1[C@H](C)O[C@@H](O[C@@H]2c3ccc(c(Cl)c3)Oc3cc4cc(c3O[C@@H]3O[C@H](CO)[C@@H](O)[C@H](O)[C@H]3O[C@@H]3O[C@@H](C)[C@H](O)[C@@H](O)[C@H]3O)Oc3ccc(cc3)[C@@H](O)[C@@H](NC(=O)C(=O)c3ccc(O)c(Cl)c3)C(=O)N[C@@H](Cc3ccccc3)C(=O)N[C@H]4C(=O)N[C@H]3C(=O)N[C@@H]2C(=O)N[C@H](C(=O)O)c2cc(O)cc(O[C@H]4O[C@H](CO)[C@@H](O)[C@H](O)[C@@H]4O)c2-c2cc3ccc2O)C[C@@H]1N. The second kappa shape index (κ2) is 38.5. The summed E-state index contributed by atoms with van der Waals surface area (Å²) in [6.07, 6.45) is -37.9. The lowest BCUT2D eigenvalue weighted by Crippen LogP contribution is -2.64. The van der Waals surface area contributed by atoms with Crippen LogP contribution in [-0.2, 0) is 73.1 Å². The average molecular weight is 1810 g/mol. The number of rotatable bonds is 17. The van der Waals surface area contributed by atoms with Crippen molar-refractivity contribution in [3.8, 4) is 62.9 Å². The van der Waals surface area contributed by atoms with E-state index >= 15 is 24.0 Å². The Morgan fingerprint density at radius 2 is 1.17 bits per heavy atom. The molecular formula is C84H89Cl2N7O34. The van der Waals surface area contributed by atoms with E-state index in [9.17, 15) is 91.0 Å². The summed E-state index contributed by atoms with van der Waals surface area (Å²) < 4.78 is 69.0. The maximum Gasteiger partial charge on any atom is 0.330 e. The summed E-state index contributed by atoms with van der Waals surface area (Å²) >= 11 is 13.6. The highest BCUT2D eigenvalue weighted by Crippen LogP contribution is 2.50. The van der Waals surface area contributed by atoms with Gasteiger partial charge in [0.25, 0.3) is 5.91 Å². The molecular weight excluding hydrogens is 1720 g/mol. The number of nitrogens with one attached hydrogen (secondary N) is 6. The van der Waals surface area contributed by atoms with Crippen LogP contribution in [0, 0.1) is 0 Å². The number of carbonyl (C=O) groups excluding carboxylic acids is 7. The number of nitrogens with two attached hydrogens (primary N) is 1. The minimum atomic E-state index is -2.46. The summed E-state index contributed by atoms with van der Waals surface area (Å²) in [5, 5.41) is 184. The molecule has 41 nitrogen and oxygen atoms in total. The van der Waals surface area contributed by atoms with Gasteiger partial charge in [-0.1, -0.05) is 77.8 Å². The fourth-order valence-electron chi connectivity index (χ4n) is 15.9. The van der Waals surface area contributed by atoms with Crippen LogP contribution in [0.25, 0.3) is 11.1 Å². The van der Waals surface area contributed by atoms with Gasteiger partial charge in [0.15, 0.2) is 36.2 Å². The molecule has 27 atom stereocenters. The van der Waals surface area contributed by atoms with Gasteiger partial charge in [0.2, 0.25) is 53.6 Å². The number of hydrogen-bond acceptors (Lipinski definition) is 34. The highest BCUT2D eigenvalue weighted by Gasteiger charge is 2.54. The molecule has 6 amide bonds. The number of aliphatic hydroxyl groups is 11. The van der Waals surface area contributed by atoms with Crippen molar-refractivity contribution in [3.05, 3.63) is 182 Å². The summed E-state index contributed by atoms with van der Waals surface area (Å²) in [5.41, 5.74) is 3.35. The summed E-state index contributed by atoms with van der Waals surface area (Å²) in [5.74, 6) is -17.7. The van der Waals surface area contributed by atoms with Gasteiger partial charge >= 0.3 is 5.97 Å². The van der Waals surface area contributed by atoms with E-state index in [1.54, 1.807) is 25.1 Å². The zero-order chi connectivity index (χ0) is 91.2. The highest BCUT2D eigenvalue weighted by molar-refractivity contribution is 6.44. The standard InChI is InChI=1S/C84H89Cl2N7O34/c1-30-61(99)66(104)69(107)82(119-30)127-74-68(106)65(103)53(29-95)124-84(74)126-73-50-23-37-24-51(73)121-48-18-13-36(22-43(48)86)72(125-54-27-44(87)71(117-3)31(2)118-54)60-79(113)91-58(81(115)116)41-25-38(96)26-49(122-83-70(108)67(105)64(102)52(28-94)123-83)55(41)40-20-34(11-16-46(40)97)56(76(110)93-60)90-77(111)57(37)89-75(109)45(19-32-7-5-4-6-8-32)88-78(112)59(62(100)33-9-14-39(120-50)15-10-33)92-80(114)63(101)35-12-17-47(98)42(85)21-35/h4-18,20-26,30-31,44-45,52-54,56-62,64-72,74,82-84,94-100,102-108H,19,27-29,87H2,1-3H3,(H,88,112)(H,89,109)(H,90,111)(H,91,113)(H,92,114)(H,93,110)(H,115,116)/t30-,31-,44-,45-,52+,53+,54-,56+,57+,58-,59+,60-,61-,62+,64+,65+,66+,67-,68-,69+,70-,71-,72+,74+,82-,83-,84-/m0/s1. The number of aliphatic carboxylic acids is 1. The van der Waals surface area contributed by atoms with E-state index in [0.717, 1.165) is 72.8 Å². The van der Waals surface area contributed by atoms with Crippen molar-refractivity contribution in [1.29, 1.82) is 0 Å². The Balaban J connectivity index is 1.01. The number of phenolic OH excluding ortho intramolecular Hbond substituents is 3. The second-order valence-corrected chi connectivity index (χ2v) is 31.9. The first-order valence-corrected chi connectivity index (χ1v) is 40.4. The largest absolute Gasteiger partial charge is 0.508 e. The predicted octanol–water partition coefficient (Wildman–Crippen LogP) is -0.983. The lowest BCUT2D eigenvalue weighted by molar-refractivity contribution is -0.354. The highest BCUT2D eigenvalue weighted by atomic mass is 35.5. The Labute approximate surface area is 729 Å². The van der Waals surface area contributed by atoms with Gasteiger partial charge < -0.3 is 166 Å². The molecule has 0 aliphatic carbocycles. The third-order valence-electron chi connectivity index (χ3n) is 22.6. The molecule has 678 valence electrons. The number of Topliss-reactive ketones (excluding diaryl/α,β-unsaturated/α-hetero) is 1. The molecule has 4 fully saturated rings. The van der Waals surface area contributed by atoms with Gasteiger partial charge in [-0.25, -0.2) is 4.79 Å². The Bertz CT molecular complexity index is 5290. The Morgan fingerprint density at radius 3 is 1.84 bits per heavy atom. The quantitative estimate of drug-likeness (QED) is 0.0385. The van der Waals surface area contributed by atoms with Crippen molar-refractivity contribution >= 4 is 70.4 Å². The van der Waals surface area contributed by atoms with Crippen LogP contribution in [0.4, 0.5) is 0 Å². The number of amides is 6. The summed E-state index contributed by atoms with van der Waals surface area (Å²) in [4.78, 5) is 123. The van der Waals surface area contributed by atoms with Gasteiger partial charge in [0.1, 0.15) is 138 Å². The van der Waals surface area contributed by atoms with E-state index in [2.05, 4.69) is 31.9 Å². The normalized spacial score (nSPS) is 32.2. The summed E-state index contributed by atoms with van der Waals surface area (Å²) in [7, 11) is 1.36. The number of carboxylic acids is 1. The summed E-state index contributed by atoms with van der Waals surface area (Å²) in [6.45, 7) is 0.799. The predicted molar refractivity (Wildman–Crippen MR) is 430 cm³/mol. The lowest BCUT2D eigenvalue weighted by atomic mass is 9.89. The van der Waals surface area contributed by atoms with Crippen LogP contribution in [0.3, 0.4) is 0 Å². The first-order valence-electron chi connectivity index (χ1n) is 39.7. The molecule has 23 N–H and O–H groups in total. The van der Waals surface area contributed by atoms with Crippen LogP contribution in [0.1, 0.15) is 94.3 Å². The smallest absolute Gasteiger partial charge is 0.330 e. The van der Waals surface area contributed by atoms with Gasteiger partial charge in [-0.3, -0.25) is 33.6 Å². The van der Waals surface area contributed by atoms with Crippen LogP contribution >= 0.6 is 23.2 Å². The van der Waals surface area contributed by atoms with Crippen LogP contribution in [0.5, 0.6) is 51.7 Å². The van der Waals surface area contributed by atoms with Crippen molar-refractivity contribution in [2.24, 2.45) is 5.73 Å². The molecule has 0 radical (unpaired) electrons. The molecule has 43 heteroatoms. The van der Waals surface area contributed by atoms with Gasteiger partial charge in [-0.15, -0.1) is 0 Å². The Kier molecular flexibility index (Phi) is 27.9. The molecule has 9 aliphatic rings. The molecule has 0 saturated carbocycles. The van der Waals surface area contributed by atoms with Crippen molar-refractivity contribution in [3.63, 3.8) is 0 Å². The monoisotopic (exact) mass is 1810 g/mol. The molecule has 127 heavy (non-hydrogen) atoms. The number of ketones is 1. The number of carbonyl (C=O) groups is 8. The van der Waals surface area contributed by atoms with E-state index < -0.39 is 316 Å². The maximum absolute atomic E-state index is 16.8. The van der Waals surface area contributed by atoms with Gasteiger partial charge in [-0.05, 0) is 114 Å². The van der Waals surface area contributed by atoms with Crippen molar-refractivity contribution in [2.45, 2.75) is 192 Å². The van der Waals surface area contributed by atoms with Crippen LogP contribution in [0.15, 0.2) is 133 Å². The fraction of sp³-hybridized carbons (Fsp3) is 0.405. The third-order valence-corrected chi connectivity index (χ3v) is 23.2. The number of aliphatic hydroxyl groups excluding tert-OH is 11. The number of methoxy groups -OCH3 is 1. The minimum absolute atomic E-state index is 0.196. The Morgan fingerprint density at radius 1 is 0.543 bits per heavy atom. The first kappa shape index (κ1) is 92.1. The van der Waals surface area contributed by atoms with Crippen LogP contribution < -0.4 is 56.6 Å². The number of fused-ring (bicyclic) bond motifs is 15. The van der Waals surface area contributed by atoms with Crippen molar-refractivity contribution in [1.82, 2.24) is 31.9 Å². The zero-order valence-electron chi connectivity index (χ0n) is 66.9. The molecule has 7 aromatic rings. The van der Waals surface area contributed by atoms with Crippen LogP contribution in [0.2, 0.25) is 10.0 Å². The Hall–Kier alpha value is -11.1. The second-order valence-electron chi connectivity index (χ2n) is 31.1. The van der Waals surface area contributed by atoms with Gasteiger partial charge in [0.05, 0.1) is 41.6 Å². The molecule has 4 saturated heterocycles. The topological polar surface area (TPSA) is 640 Å². The van der Waals surface area contributed by atoms with Crippen LogP contribution in [-0.4, -0.2) is 279 Å². The molecule has 16 rings (SSSR count). The van der Waals surface area contributed by atoms with Crippen molar-refractivity contribution in [2.75, 3.05) is 20.3 Å². The number of aromatic hydroxyl groups is 3. The number of phenols is 3. The molecule has 0 unspecified atom stereocenters. The van der Waals surface area contributed by atoms with E-state index in [-0.39, 0.29) is 33.9 Å². The summed E-state index contributed by atoms with van der Waals surface area (Å²) in [6, 6.07) is 10.9. The number of benzene rings is 7. The number of hydrogen-bond donors (Lipinski definition) is 22. The molecule has 0 spiro atoms. The third kappa shape index (κ3) is 19.2. The number of ether oxygens (including phenoxy) is 11. The molecule has 9 aliphatic heterocycles. The number of halogens is 2. The fourth-order valence-corrected chi connectivity index (χ4v) is 16.3. The zero-order valence-corrected chi connectivity index (χ0v) is 68.4. The van der Waals surface area contributed by atoms with Gasteiger partial charge in [0, 0.05) is 54.3 Å². The van der Waals surface area contributed by atoms with E-state index in [1.165, 1.54) is 56.5 Å². The maximum atomic E-state index is 16.8. The van der Waals surface area contributed by atoms with E-state index in [0.29, 0.717) is 0 Å². The van der Waals surface area contributed by atoms with Crippen molar-refractivity contribution < 1.29 is 167 Å². The van der Waals surface area contributed by atoms with Gasteiger partial charge in [-0.2, -0.15) is 0 Å². The molecule has 0 aromatic heterocycles.